The Labute approximate surface area is 114 Å². The van der Waals surface area contributed by atoms with E-state index in [1.807, 2.05) is 0 Å². The van der Waals surface area contributed by atoms with Crippen LogP contribution in [0.5, 0.6) is 0 Å². The highest BCUT2D eigenvalue weighted by Gasteiger charge is 2.20. The maximum atomic E-state index is 4.71. The van der Waals surface area contributed by atoms with Crippen molar-refractivity contribution in [1.82, 2.24) is 14.9 Å². The summed E-state index contributed by atoms with van der Waals surface area (Å²) in [5, 5.41) is 3.38. The number of aromatic nitrogens is 2. The fourth-order valence-corrected chi connectivity index (χ4v) is 2.80. The van der Waals surface area contributed by atoms with Gasteiger partial charge in [-0.1, -0.05) is 12.1 Å². The van der Waals surface area contributed by atoms with Crippen LogP contribution in [0.3, 0.4) is 0 Å². The van der Waals surface area contributed by atoms with Crippen molar-refractivity contribution in [2.75, 3.05) is 25.5 Å². The van der Waals surface area contributed by atoms with Gasteiger partial charge < -0.3 is 10.2 Å². The molecule has 2 aromatic rings. The molecule has 0 radical (unpaired) electrons. The third-order valence-electron chi connectivity index (χ3n) is 3.66. The van der Waals surface area contributed by atoms with Crippen LogP contribution in [-0.2, 0) is 13.0 Å². The Bertz CT molecular complexity index is 598. The number of aryl methyl sites for hydroxylation is 1. The second kappa shape index (κ2) is 4.70. The van der Waals surface area contributed by atoms with Crippen LogP contribution in [0.25, 0.3) is 5.69 Å². The molecule has 1 N–H and O–H groups in total. The molecule has 0 amide bonds. The summed E-state index contributed by atoms with van der Waals surface area (Å²) >= 11 is 0. The van der Waals surface area contributed by atoms with Crippen molar-refractivity contribution < 1.29 is 0 Å². The lowest BCUT2D eigenvalue weighted by molar-refractivity contribution is 0.620. The highest BCUT2D eigenvalue weighted by atomic mass is 15.2. The molecule has 1 aliphatic rings. The minimum absolute atomic E-state index is 0.882. The Kier molecular flexibility index (Phi) is 3.03. The lowest BCUT2D eigenvalue weighted by Crippen LogP contribution is -2.25. The molecule has 1 aromatic carbocycles. The first-order valence-electron chi connectivity index (χ1n) is 6.73. The Morgan fingerprint density at radius 2 is 2.05 bits per heavy atom. The quantitative estimate of drug-likeness (QED) is 0.891. The highest BCUT2D eigenvalue weighted by Crippen LogP contribution is 2.27. The molecule has 0 atom stereocenters. The Balaban J connectivity index is 2.20. The van der Waals surface area contributed by atoms with Gasteiger partial charge in [0.25, 0.3) is 0 Å². The van der Waals surface area contributed by atoms with E-state index >= 15 is 0 Å². The van der Waals surface area contributed by atoms with Gasteiger partial charge in [0, 0.05) is 39.3 Å². The molecule has 1 aliphatic heterocycles. The average molecular weight is 256 g/mol. The Morgan fingerprint density at radius 3 is 2.84 bits per heavy atom. The number of rotatable bonds is 2. The molecule has 2 heterocycles. The van der Waals surface area contributed by atoms with Crippen LogP contribution in [-0.4, -0.2) is 30.2 Å². The van der Waals surface area contributed by atoms with Crippen LogP contribution in [0.4, 0.5) is 5.69 Å². The molecular weight excluding hydrogens is 236 g/mol. The van der Waals surface area contributed by atoms with E-state index in [4.69, 9.17) is 4.98 Å². The highest BCUT2D eigenvalue weighted by molar-refractivity contribution is 5.63. The van der Waals surface area contributed by atoms with Crippen LogP contribution < -0.4 is 10.2 Å². The number of hydrogen-bond donors (Lipinski definition) is 1. The molecule has 1 aromatic heterocycles. The molecule has 100 valence electrons. The Morgan fingerprint density at radius 1 is 1.26 bits per heavy atom. The Hall–Kier alpha value is -1.81. The van der Waals surface area contributed by atoms with Gasteiger partial charge in [-0.15, -0.1) is 0 Å². The zero-order valence-electron chi connectivity index (χ0n) is 11.8. The molecule has 4 heteroatoms. The topological polar surface area (TPSA) is 33.1 Å². The number of benzene rings is 1. The molecule has 0 spiro atoms. The zero-order chi connectivity index (χ0) is 13.4. The molecule has 4 nitrogen and oxygen atoms in total. The largest absolute Gasteiger partial charge is 0.376 e. The van der Waals surface area contributed by atoms with E-state index in [9.17, 15) is 0 Å². The van der Waals surface area contributed by atoms with Crippen molar-refractivity contribution in [2.45, 2.75) is 19.9 Å². The molecule has 3 rings (SSSR count). The van der Waals surface area contributed by atoms with Gasteiger partial charge >= 0.3 is 0 Å². The fourth-order valence-electron chi connectivity index (χ4n) is 2.80. The number of nitrogens with zero attached hydrogens (tertiary/aromatic N) is 3. The van der Waals surface area contributed by atoms with Gasteiger partial charge in [-0.25, -0.2) is 4.98 Å². The zero-order valence-corrected chi connectivity index (χ0v) is 11.8. The van der Waals surface area contributed by atoms with Crippen molar-refractivity contribution >= 4 is 5.69 Å². The van der Waals surface area contributed by atoms with Crippen LogP contribution >= 0.6 is 0 Å². The van der Waals surface area contributed by atoms with Crippen LogP contribution in [0.1, 0.15) is 17.2 Å². The van der Waals surface area contributed by atoms with Crippen molar-refractivity contribution in [3.63, 3.8) is 0 Å². The third kappa shape index (κ3) is 2.02. The molecule has 0 fully saturated rings. The molecule has 0 saturated carbocycles. The molecule has 0 bridgehead atoms. The van der Waals surface area contributed by atoms with Crippen LogP contribution in [0, 0.1) is 6.92 Å². The van der Waals surface area contributed by atoms with Crippen molar-refractivity contribution in [3.8, 4) is 5.69 Å². The normalized spacial score (nSPS) is 14.3. The van der Waals surface area contributed by atoms with E-state index in [0.717, 1.165) is 25.3 Å². The van der Waals surface area contributed by atoms with E-state index in [2.05, 4.69) is 60.1 Å². The van der Waals surface area contributed by atoms with Crippen molar-refractivity contribution in [1.29, 1.82) is 0 Å². The second-order valence-corrected chi connectivity index (χ2v) is 5.20. The summed E-state index contributed by atoms with van der Waals surface area (Å²) < 4.78 is 2.31. The molecule has 19 heavy (non-hydrogen) atoms. The maximum Gasteiger partial charge on any atom is 0.110 e. The summed E-state index contributed by atoms with van der Waals surface area (Å²) in [7, 11) is 4.16. The monoisotopic (exact) mass is 256 g/mol. The van der Waals surface area contributed by atoms with Gasteiger partial charge in [0.15, 0.2) is 0 Å². The van der Waals surface area contributed by atoms with E-state index in [1.165, 1.54) is 22.8 Å². The summed E-state index contributed by atoms with van der Waals surface area (Å²) in [4.78, 5) is 6.86. The van der Waals surface area contributed by atoms with Gasteiger partial charge in [-0.3, -0.25) is 4.57 Å². The molecular formula is C15H20N4. The first-order chi connectivity index (χ1) is 9.18. The number of hydrogen-bond acceptors (Lipinski definition) is 3. The standard InChI is InChI=1S/C15H20N4/c1-11-17-12-10-16-9-8-13(12)19(11)15-7-5-4-6-14(15)18(2)3/h4-7,16H,8-10H2,1-3H3. The number of nitrogens with one attached hydrogen (secondary N) is 1. The van der Waals surface area contributed by atoms with Crippen molar-refractivity contribution in [2.24, 2.45) is 0 Å². The minimum atomic E-state index is 0.882. The summed E-state index contributed by atoms with van der Waals surface area (Å²) in [6.07, 6.45) is 1.04. The second-order valence-electron chi connectivity index (χ2n) is 5.20. The first kappa shape index (κ1) is 12.2. The summed E-state index contributed by atoms with van der Waals surface area (Å²) in [6.45, 7) is 4.00. The first-order valence-corrected chi connectivity index (χ1v) is 6.73. The number of anilines is 1. The third-order valence-corrected chi connectivity index (χ3v) is 3.66. The van der Waals surface area contributed by atoms with Crippen LogP contribution in [0.15, 0.2) is 24.3 Å². The lowest BCUT2D eigenvalue weighted by Gasteiger charge is -2.21. The summed E-state index contributed by atoms with van der Waals surface area (Å²) in [5.41, 5.74) is 4.99. The minimum Gasteiger partial charge on any atom is -0.376 e. The van der Waals surface area contributed by atoms with Crippen LogP contribution in [0.2, 0.25) is 0 Å². The summed E-state index contributed by atoms with van der Waals surface area (Å²) in [5.74, 6) is 1.07. The molecule has 0 saturated heterocycles. The molecule has 0 aliphatic carbocycles. The van der Waals surface area contributed by atoms with Gasteiger partial charge in [0.2, 0.25) is 0 Å². The predicted molar refractivity (Wildman–Crippen MR) is 78.0 cm³/mol. The smallest absolute Gasteiger partial charge is 0.110 e. The number of para-hydroxylation sites is 2. The lowest BCUT2D eigenvalue weighted by atomic mass is 10.1. The van der Waals surface area contributed by atoms with Gasteiger partial charge in [0.05, 0.1) is 17.1 Å². The van der Waals surface area contributed by atoms with Gasteiger partial charge in [0.1, 0.15) is 5.82 Å². The van der Waals surface area contributed by atoms with Gasteiger partial charge in [-0.2, -0.15) is 0 Å². The van der Waals surface area contributed by atoms with E-state index < -0.39 is 0 Å². The van der Waals surface area contributed by atoms with E-state index in [1.54, 1.807) is 0 Å². The average Bonchev–Trinajstić information content (AvgIpc) is 2.74. The number of imidazole rings is 1. The fraction of sp³-hybridized carbons (Fsp3) is 0.400. The SMILES string of the molecule is Cc1nc2c(n1-c1ccccc1N(C)C)CCNC2. The van der Waals surface area contributed by atoms with Gasteiger partial charge in [-0.05, 0) is 19.1 Å². The predicted octanol–water partition coefficient (Wildman–Crippen LogP) is 1.89. The maximum absolute atomic E-state index is 4.71. The number of fused-ring (bicyclic) bond motifs is 1. The molecule has 0 unspecified atom stereocenters. The van der Waals surface area contributed by atoms with E-state index in [0.29, 0.717) is 0 Å². The van der Waals surface area contributed by atoms with Crippen molar-refractivity contribution in [3.05, 3.63) is 41.5 Å². The summed E-state index contributed by atoms with van der Waals surface area (Å²) in [6, 6.07) is 8.50. The van der Waals surface area contributed by atoms with E-state index in [-0.39, 0.29) is 0 Å².